The van der Waals surface area contributed by atoms with Gasteiger partial charge in [0.1, 0.15) is 11.9 Å². The minimum absolute atomic E-state index is 0.00840. The van der Waals surface area contributed by atoms with E-state index in [1.54, 1.807) is 0 Å². The smallest absolute Gasteiger partial charge is 0.128 e. The first-order valence-electron chi connectivity index (χ1n) is 22.7. The van der Waals surface area contributed by atoms with Crippen molar-refractivity contribution in [3.8, 4) is 50.3 Å². The van der Waals surface area contributed by atoms with Gasteiger partial charge in [-0.25, -0.2) is 0 Å². The fraction of sp³-hybridized carbons (Fsp3) is 0.0968. The zero-order valence-electron chi connectivity index (χ0n) is 35.7. The van der Waals surface area contributed by atoms with Gasteiger partial charge in [0.25, 0.3) is 0 Å². The Bertz CT molecular complexity index is 3550. The molecule has 0 radical (unpaired) electrons. The van der Waals surface area contributed by atoms with Crippen LogP contribution in [0.2, 0.25) is 0 Å². The van der Waals surface area contributed by atoms with Crippen molar-refractivity contribution in [3.63, 3.8) is 0 Å². The van der Waals surface area contributed by atoms with Crippen molar-refractivity contribution >= 4 is 27.8 Å². The highest BCUT2D eigenvalue weighted by Gasteiger charge is 2.50. The van der Waals surface area contributed by atoms with Gasteiger partial charge in [-0.3, -0.25) is 0 Å². The van der Waals surface area contributed by atoms with Crippen LogP contribution in [0.15, 0.2) is 212 Å². The Morgan fingerprint density at radius 1 is 0.422 bits per heavy atom. The summed E-state index contributed by atoms with van der Waals surface area (Å²) < 4.78 is 6.73. The highest BCUT2D eigenvalue weighted by Crippen LogP contribution is 2.63. The second-order valence-electron chi connectivity index (χ2n) is 18.7. The van der Waals surface area contributed by atoms with Crippen molar-refractivity contribution in [1.82, 2.24) is 0 Å². The number of hydrogen-bond donors (Lipinski definition) is 0. The van der Waals surface area contributed by atoms with Crippen LogP contribution in [0.25, 0.3) is 55.3 Å². The molecule has 9 aromatic rings. The van der Waals surface area contributed by atoms with E-state index in [9.17, 15) is 0 Å². The Labute approximate surface area is 374 Å². The minimum atomic E-state index is -0.625. The van der Waals surface area contributed by atoms with Crippen LogP contribution in [0.3, 0.4) is 0 Å². The zero-order valence-corrected chi connectivity index (χ0v) is 35.7. The summed E-state index contributed by atoms with van der Waals surface area (Å²) in [5, 5.41) is 2.54. The summed E-state index contributed by atoms with van der Waals surface area (Å²) in [6, 6.07) is 71.3. The number of fused-ring (bicyclic) bond motifs is 20. The maximum Gasteiger partial charge on any atom is 0.128 e. The molecule has 2 nitrogen and oxygen atoms in total. The Morgan fingerprint density at radius 3 is 1.73 bits per heavy atom. The van der Waals surface area contributed by atoms with Gasteiger partial charge < -0.3 is 9.64 Å². The Balaban J connectivity index is 1.08. The summed E-state index contributed by atoms with van der Waals surface area (Å²) in [6.07, 6.45) is 8.72. The molecule has 3 atom stereocenters. The van der Waals surface area contributed by atoms with Crippen molar-refractivity contribution < 1.29 is 4.74 Å². The quantitative estimate of drug-likeness (QED) is 0.176. The zero-order chi connectivity index (χ0) is 42.3. The summed E-state index contributed by atoms with van der Waals surface area (Å²) in [5.74, 6) is 1.16. The molecule has 1 heterocycles. The first-order chi connectivity index (χ1) is 31.5. The molecule has 2 heteroatoms. The molecule has 0 bridgehead atoms. The van der Waals surface area contributed by atoms with Crippen LogP contribution in [0.5, 0.6) is 5.75 Å². The number of anilines is 3. The predicted molar refractivity (Wildman–Crippen MR) is 263 cm³/mol. The molecule has 1 spiro atoms. The van der Waals surface area contributed by atoms with Crippen LogP contribution in [-0.4, -0.2) is 6.10 Å². The lowest BCUT2D eigenvalue weighted by atomic mass is 9.65. The molecule has 4 aliphatic carbocycles. The lowest BCUT2D eigenvalue weighted by Gasteiger charge is -2.36. The van der Waals surface area contributed by atoms with E-state index in [4.69, 9.17) is 4.74 Å². The molecule has 302 valence electrons. The average molecular weight is 818 g/mol. The van der Waals surface area contributed by atoms with Gasteiger partial charge in [0.2, 0.25) is 0 Å². The fourth-order valence-corrected chi connectivity index (χ4v) is 12.4. The van der Waals surface area contributed by atoms with E-state index in [0.717, 1.165) is 22.8 Å². The van der Waals surface area contributed by atoms with Gasteiger partial charge in [0.15, 0.2) is 0 Å². The molecular weight excluding hydrogens is 775 g/mol. The molecule has 0 amide bonds. The lowest BCUT2D eigenvalue weighted by molar-refractivity contribution is 0.269. The number of rotatable bonds is 3. The summed E-state index contributed by atoms with van der Waals surface area (Å²) in [6.45, 7) is 4.75. The van der Waals surface area contributed by atoms with E-state index in [1.807, 2.05) is 0 Å². The number of benzene rings is 9. The summed E-state index contributed by atoms with van der Waals surface area (Å²) in [5.41, 5.74) is 22.0. The molecule has 3 unspecified atom stereocenters. The highest BCUT2D eigenvalue weighted by molar-refractivity contribution is 6.06. The van der Waals surface area contributed by atoms with Crippen molar-refractivity contribution in [1.29, 1.82) is 0 Å². The normalized spacial score (nSPS) is 19.3. The molecule has 0 saturated carbocycles. The van der Waals surface area contributed by atoms with Gasteiger partial charge in [-0.15, -0.1) is 0 Å². The number of allylic oxidation sites excluding steroid dienone is 2. The van der Waals surface area contributed by atoms with Gasteiger partial charge in [-0.1, -0.05) is 184 Å². The van der Waals surface area contributed by atoms with E-state index in [0.29, 0.717) is 0 Å². The molecular formula is C62H43NO. The van der Waals surface area contributed by atoms with E-state index in [2.05, 4.69) is 231 Å². The van der Waals surface area contributed by atoms with Gasteiger partial charge >= 0.3 is 0 Å². The van der Waals surface area contributed by atoms with Gasteiger partial charge in [0.05, 0.1) is 5.41 Å². The fourth-order valence-electron chi connectivity index (χ4n) is 12.4. The van der Waals surface area contributed by atoms with Gasteiger partial charge in [0, 0.05) is 40.0 Å². The Hall–Kier alpha value is -7.68. The molecule has 0 aromatic heterocycles. The highest BCUT2D eigenvalue weighted by atomic mass is 16.5. The molecule has 9 aromatic carbocycles. The topological polar surface area (TPSA) is 12.5 Å². The van der Waals surface area contributed by atoms with Crippen LogP contribution in [0, 0.1) is 0 Å². The van der Waals surface area contributed by atoms with Crippen LogP contribution in [0.1, 0.15) is 58.7 Å². The number of ether oxygens (including phenoxy) is 1. The standard InChI is InChI=1S/C62H43NO/c1-61(2)52-23-11-7-20-46(52)48-32-29-39(35-56(48)61)63(41-30-33-50-49-21-10-14-26-58(49)64-59(50)37-41)40-28-31-47-44-18-6-5-17-43(44)45-19-8-12-24-53(45)62(57(47)36-40)54-25-13-9-22-51(54)60-42-16-4-3-15-38(42)27-34-55(60)62/h3-37,49,58H,1-2H3. The van der Waals surface area contributed by atoms with Crippen molar-refractivity contribution in [2.45, 2.75) is 36.7 Å². The third kappa shape index (κ3) is 4.65. The van der Waals surface area contributed by atoms with Gasteiger partial charge in [-0.2, -0.15) is 0 Å². The molecule has 1 aliphatic heterocycles. The molecule has 0 fully saturated rings. The summed E-state index contributed by atoms with van der Waals surface area (Å²) >= 11 is 0. The average Bonchev–Trinajstić information content (AvgIpc) is 3.92. The Morgan fingerprint density at radius 2 is 0.969 bits per heavy atom. The van der Waals surface area contributed by atoms with Crippen LogP contribution >= 0.6 is 0 Å². The third-order valence-electron chi connectivity index (χ3n) is 15.2. The monoisotopic (exact) mass is 817 g/mol. The summed E-state index contributed by atoms with van der Waals surface area (Å²) in [7, 11) is 0. The minimum Gasteiger partial charge on any atom is -0.485 e. The molecule has 64 heavy (non-hydrogen) atoms. The van der Waals surface area contributed by atoms with Crippen molar-refractivity contribution in [3.05, 3.63) is 251 Å². The van der Waals surface area contributed by atoms with E-state index in [1.165, 1.54) is 94.2 Å². The molecule has 5 aliphatic rings. The maximum atomic E-state index is 6.73. The van der Waals surface area contributed by atoms with Crippen molar-refractivity contribution in [2.24, 2.45) is 0 Å². The lowest BCUT2D eigenvalue weighted by Crippen LogP contribution is -2.29. The SMILES string of the molecule is CC1(C)c2ccccc2-c2ccc(N(c3ccc4c(c3)OC3C=CC=CC43)c3ccc4c(c3)C3(c5ccccc5-c5ccccc5-4)c4ccccc4-c4c3ccc3ccccc43)cc21. The van der Waals surface area contributed by atoms with E-state index in [-0.39, 0.29) is 17.4 Å². The third-order valence-corrected chi connectivity index (χ3v) is 15.2. The number of nitrogens with zero attached hydrogens (tertiary/aromatic N) is 1. The summed E-state index contributed by atoms with van der Waals surface area (Å²) in [4.78, 5) is 2.48. The van der Waals surface area contributed by atoms with E-state index < -0.39 is 5.41 Å². The van der Waals surface area contributed by atoms with Crippen LogP contribution in [0.4, 0.5) is 17.1 Å². The van der Waals surface area contributed by atoms with Crippen LogP contribution in [-0.2, 0) is 10.8 Å². The second kappa shape index (κ2) is 12.9. The van der Waals surface area contributed by atoms with Gasteiger partial charge in [-0.05, 0) is 125 Å². The maximum absolute atomic E-state index is 6.73. The number of hydrogen-bond acceptors (Lipinski definition) is 2. The van der Waals surface area contributed by atoms with Crippen LogP contribution < -0.4 is 9.64 Å². The first-order valence-corrected chi connectivity index (χ1v) is 22.7. The van der Waals surface area contributed by atoms with Crippen molar-refractivity contribution in [2.75, 3.05) is 4.90 Å². The first kappa shape index (κ1) is 35.9. The predicted octanol–water partition coefficient (Wildman–Crippen LogP) is 15.6. The molecule has 14 rings (SSSR count). The largest absolute Gasteiger partial charge is 0.485 e. The Kier molecular flexibility index (Phi) is 7.25. The molecule has 0 N–H and O–H groups in total. The van der Waals surface area contributed by atoms with E-state index >= 15 is 0 Å². The molecule has 0 saturated heterocycles. The second-order valence-corrected chi connectivity index (χ2v) is 18.7.